The second-order valence-corrected chi connectivity index (χ2v) is 3.97. The van der Waals surface area contributed by atoms with E-state index in [1.54, 1.807) is 0 Å². The van der Waals surface area contributed by atoms with Crippen molar-refractivity contribution >= 4 is 43.8 Å². The average molecular weight is 325 g/mol. The van der Waals surface area contributed by atoms with Gasteiger partial charge in [0.1, 0.15) is 0 Å². The molecular formula is C7H3Br2NO4. The molecule has 2 N–H and O–H groups in total. The summed E-state index contributed by atoms with van der Waals surface area (Å²) in [6.07, 6.45) is 0. The van der Waals surface area contributed by atoms with E-state index in [0.717, 1.165) is 0 Å². The molecule has 74 valence electrons. The maximum Gasteiger partial charge on any atom is 0.355 e. The summed E-state index contributed by atoms with van der Waals surface area (Å²) in [7, 11) is 0. The lowest BCUT2D eigenvalue weighted by Gasteiger charge is -2.02. The smallest absolute Gasteiger partial charge is 0.355 e. The zero-order valence-corrected chi connectivity index (χ0v) is 9.66. The highest BCUT2D eigenvalue weighted by Gasteiger charge is 2.17. The molecule has 1 rings (SSSR count). The summed E-state index contributed by atoms with van der Waals surface area (Å²) >= 11 is 5.93. The molecule has 5 nitrogen and oxygen atoms in total. The number of nitrogens with zero attached hydrogens (tertiary/aromatic N) is 1. The van der Waals surface area contributed by atoms with E-state index >= 15 is 0 Å². The zero-order valence-electron chi connectivity index (χ0n) is 6.49. The van der Waals surface area contributed by atoms with Crippen LogP contribution in [0.3, 0.4) is 0 Å². The molecule has 0 saturated carbocycles. The number of hydrogen-bond donors (Lipinski definition) is 2. The maximum absolute atomic E-state index is 10.6. The Hall–Kier alpha value is -0.950. The summed E-state index contributed by atoms with van der Waals surface area (Å²) in [5.74, 6) is -2.57. The van der Waals surface area contributed by atoms with E-state index < -0.39 is 11.9 Å². The van der Waals surface area contributed by atoms with Crippen LogP contribution >= 0.6 is 31.9 Å². The van der Waals surface area contributed by atoms with Crippen molar-refractivity contribution in [2.45, 2.75) is 0 Å². The van der Waals surface area contributed by atoms with E-state index in [1.807, 2.05) is 0 Å². The standard InChI is InChI=1S/C7H3Br2NO4/c8-2-1-3(9)5(7(13)14)10-4(2)6(11)12/h1H,(H,11,12)(H,13,14). The summed E-state index contributed by atoms with van der Waals surface area (Å²) in [6.45, 7) is 0. The molecule has 0 fully saturated rings. The van der Waals surface area contributed by atoms with E-state index in [2.05, 4.69) is 36.8 Å². The Morgan fingerprint density at radius 2 is 1.43 bits per heavy atom. The first-order valence-corrected chi connectivity index (χ1v) is 4.84. The Kier molecular flexibility index (Phi) is 3.22. The summed E-state index contributed by atoms with van der Waals surface area (Å²) < 4.78 is 0.448. The fourth-order valence-corrected chi connectivity index (χ4v) is 2.05. The summed E-state index contributed by atoms with van der Waals surface area (Å²) in [5, 5.41) is 17.3. The third-order valence-electron chi connectivity index (χ3n) is 1.33. The van der Waals surface area contributed by atoms with E-state index in [-0.39, 0.29) is 20.3 Å². The van der Waals surface area contributed by atoms with Gasteiger partial charge in [-0.2, -0.15) is 0 Å². The highest BCUT2D eigenvalue weighted by Crippen LogP contribution is 2.23. The van der Waals surface area contributed by atoms with Gasteiger partial charge in [0.2, 0.25) is 0 Å². The summed E-state index contributed by atoms with van der Waals surface area (Å²) in [5.41, 5.74) is -0.656. The van der Waals surface area contributed by atoms with Crippen LogP contribution in [0.4, 0.5) is 0 Å². The second kappa shape index (κ2) is 4.05. The number of carboxylic acid groups (broad SMARTS) is 2. The highest BCUT2D eigenvalue weighted by atomic mass is 79.9. The van der Waals surface area contributed by atoms with Crippen molar-refractivity contribution in [1.29, 1.82) is 0 Å². The first-order valence-electron chi connectivity index (χ1n) is 3.26. The zero-order chi connectivity index (χ0) is 10.9. The fourth-order valence-electron chi connectivity index (χ4n) is 0.767. The monoisotopic (exact) mass is 323 g/mol. The van der Waals surface area contributed by atoms with Crippen LogP contribution in [0.2, 0.25) is 0 Å². The predicted octanol–water partition coefficient (Wildman–Crippen LogP) is 2.00. The Morgan fingerprint density at radius 1 is 1.07 bits per heavy atom. The first-order chi connectivity index (χ1) is 6.43. The number of pyridine rings is 1. The van der Waals surface area contributed by atoms with Crippen LogP contribution in [-0.4, -0.2) is 27.1 Å². The minimum atomic E-state index is -1.29. The van der Waals surface area contributed by atoms with E-state index in [0.29, 0.717) is 0 Å². The molecule has 0 aromatic carbocycles. The van der Waals surface area contributed by atoms with E-state index in [4.69, 9.17) is 10.2 Å². The lowest BCUT2D eigenvalue weighted by atomic mass is 10.3. The van der Waals surface area contributed by atoms with Gasteiger partial charge in [-0.25, -0.2) is 14.6 Å². The topological polar surface area (TPSA) is 87.5 Å². The number of rotatable bonds is 2. The largest absolute Gasteiger partial charge is 0.476 e. The molecule has 0 spiro atoms. The lowest BCUT2D eigenvalue weighted by Crippen LogP contribution is -2.09. The molecule has 0 aliphatic rings. The van der Waals surface area contributed by atoms with E-state index in [1.165, 1.54) is 6.07 Å². The van der Waals surface area contributed by atoms with Gasteiger partial charge in [0, 0.05) is 0 Å². The van der Waals surface area contributed by atoms with Crippen molar-refractivity contribution in [1.82, 2.24) is 4.98 Å². The van der Waals surface area contributed by atoms with Crippen LogP contribution in [0.5, 0.6) is 0 Å². The van der Waals surface area contributed by atoms with Crippen LogP contribution in [0.25, 0.3) is 0 Å². The number of aromatic nitrogens is 1. The van der Waals surface area contributed by atoms with Crippen LogP contribution in [0, 0.1) is 0 Å². The van der Waals surface area contributed by atoms with Crippen molar-refractivity contribution in [2.24, 2.45) is 0 Å². The highest BCUT2D eigenvalue weighted by molar-refractivity contribution is 9.11. The Morgan fingerprint density at radius 3 is 1.71 bits per heavy atom. The third-order valence-corrected chi connectivity index (χ3v) is 2.54. The van der Waals surface area contributed by atoms with Gasteiger partial charge in [0.25, 0.3) is 0 Å². The molecule has 1 heterocycles. The molecule has 0 aliphatic carbocycles. The number of hydrogen-bond acceptors (Lipinski definition) is 3. The van der Waals surface area contributed by atoms with Crippen LogP contribution in [0.1, 0.15) is 21.0 Å². The molecule has 0 aliphatic heterocycles. The van der Waals surface area contributed by atoms with Crippen LogP contribution < -0.4 is 0 Å². The Balaban J connectivity index is 3.42. The molecule has 1 aromatic rings. The Bertz CT molecular complexity index is 383. The van der Waals surface area contributed by atoms with Crippen molar-refractivity contribution < 1.29 is 19.8 Å². The normalized spacial score (nSPS) is 9.86. The molecule has 0 atom stereocenters. The molecule has 0 saturated heterocycles. The minimum Gasteiger partial charge on any atom is -0.476 e. The molecule has 0 unspecified atom stereocenters. The summed E-state index contributed by atoms with van der Waals surface area (Å²) in [6, 6.07) is 1.33. The van der Waals surface area contributed by atoms with Crippen LogP contribution in [0.15, 0.2) is 15.0 Å². The predicted molar refractivity (Wildman–Crippen MR) is 53.6 cm³/mol. The summed E-state index contributed by atoms with van der Waals surface area (Å²) in [4.78, 5) is 24.7. The number of carbonyl (C=O) groups is 2. The third kappa shape index (κ3) is 2.10. The quantitative estimate of drug-likeness (QED) is 0.868. The molecular weight excluding hydrogens is 322 g/mol. The molecule has 0 amide bonds. The molecule has 14 heavy (non-hydrogen) atoms. The SMILES string of the molecule is O=C(O)c1nc(C(=O)O)c(Br)cc1Br. The average Bonchev–Trinajstić information content (AvgIpc) is 2.02. The number of halogens is 2. The van der Waals surface area contributed by atoms with Crippen molar-refractivity contribution in [3.63, 3.8) is 0 Å². The van der Waals surface area contributed by atoms with Gasteiger partial charge in [-0.05, 0) is 37.9 Å². The second-order valence-electron chi connectivity index (χ2n) is 2.26. The van der Waals surface area contributed by atoms with Crippen molar-refractivity contribution in [3.8, 4) is 0 Å². The van der Waals surface area contributed by atoms with Crippen LogP contribution in [-0.2, 0) is 0 Å². The van der Waals surface area contributed by atoms with Crippen molar-refractivity contribution in [3.05, 3.63) is 26.4 Å². The molecule has 7 heteroatoms. The van der Waals surface area contributed by atoms with Gasteiger partial charge >= 0.3 is 11.9 Å². The fraction of sp³-hybridized carbons (Fsp3) is 0. The van der Waals surface area contributed by atoms with Gasteiger partial charge in [-0.15, -0.1) is 0 Å². The number of aromatic carboxylic acids is 2. The molecule has 1 aromatic heterocycles. The lowest BCUT2D eigenvalue weighted by molar-refractivity contribution is 0.0683. The van der Waals surface area contributed by atoms with Gasteiger partial charge in [0.15, 0.2) is 11.4 Å². The van der Waals surface area contributed by atoms with Gasteiger partial charge in [0.05, 0.1) is 8.95 Å². The van der Waals surface area contributed by atoms with E-state index in [9.17, 15) is 9.59 Å². The minimum absolute atomic E-state index is 0.224. The maximum atomic E-state index is 10.6. The Labute approximate surface area is 95.0 Å². The van der Waals surface area contributed by atoms with Gasteiger partial charge in [-0.1, -0.05) is 0 Å². The molecule has 0 bridgehead atoms. The molecule has 0 radical (unpaired) electrons. The van der Waals surface area contributed by atoms with Gasteiger partial charge in [-0.3, -0.25) is 0 Å². The van der Waals surface area contributed by atoms with Gasteiger partial charge < -0.3 is 10.2 Å². The number of carboxylic acids is 2. The van der Waals surface area contributed by atoms with Crippen molar-refractivity contribution in [2.75, 3.05) is 0 Å². The first kappa shape index (κ1) is 11.1.